The largest absolute Gasteiger partial charge is 0.353 e. The quantitative estimate of drug-likeness (QED) is 0.836. The molecule has 0 aromatic rings. The minimum atomic E-state index is 0. The van der Waals surface area contributed by atoms with E-state index in [-0.39, 0.29) is 18.3 Å². The zero-order valence-electron chi connectivity index (χ0n) is 13.8. The Balaban J connectivity index is 0.00000144. The zero-order chi connectivity index (χ0) is 14.4. The molecule has 1 heterocycles. The van der Waals surface area contributed by atoms with Gasteiger partial charge in [0.05, 0.1) is 0 Å². The summed E-state index contributed by atoms with van der Waals surface area (Å²) in [7, 11) is 0. The molecule has 5 rings (SSSR count). The van der Waals surface area contributed by atoms with Gasteiger partial charge in [0.25, 0.3) is 0 Å². The molecule has 0 radical (unpaired) electrons. The van der Waals surface area contributed by atoms with E-state index in [2.05, 4.69) is 17.6 Å². The van der Waals surface area contributed by atoms with Crippen molar-refractivity contribution in [3.05, 3.63) is 0 Å². The Morgan fingerprint density at radius 3 is 2.05 bits per heavy atom. The van der Waals surface area contributed by atoms with Gasteiger partial charge in [0.1, 0.15) is 0 Å². The van der Waals surface area contributed by atoms with Crippen LogP contribution >= 0.6 is 12.4 Å². The highest BCUT2D eigenvalue weighted by atomic mass is 35.5. The molecule has 0 spiro atoms. The summed E-state index contributed by atoms with van der Waals surface area (Å²) in [5, 5.41) is 6.79. The number of carbonyl (C=O) groups is 1. The number of carbonyl (C=O) groups excluding carboxylic acids is 1. The highest BCUT2D eigenvalue weighted by Gasteiger charge is 2.53. The summed E-state index contributed by atoms with van der Waals surface area (Å²) in [5.74, 6) is 3.49. The molecule has 3 nitrogen and oxygen atoms in total. The summed E-state index contributed by atoms with van der Waals surface area (Å²) in [4.78, 5) is 12.6. The molecule has 1 saturated heterocycles. The standard InChI is InChI=1S/C18H30N2O.ClH/c1-12(20-17(21)16-2-4-19-5-3-16)18-9-13-6-14(10-18)8-15(7-13)11-18;/h12-16,19H,2-11H2,1H3,(H,20,21);1H. The minimum Gasteiger partial charge on any atom is -0.353 e. The van der Waals surface area contributed by atoms with Crippen molar-refractivity contribution in [2.24, 2.45) is 29.1 Å². The van der Waals surface area contributed by atoms with Crippen molar-refractivity contribution in [3.63, 3.8) is 0 Å². The van der Waals surface area contributed by atoms with Gasteiger partial charge < -0.3 is 10.6 Å². The van der Waals surface area contributed by atoms with Gasteiger partial charge in [0.15, 0.2) is 0 Å². The van der Waals surface area contributed by atoms with Gasteiger partial charge >= 0.3 is 0 Å². The van der Waals surface area contributed by atoms with Crippen LogP contribution in [0.15, 0.2) is 0 Å². The van der Waals surface area contributed by atoms with Crippen LogP contribution in [-0.2, 0) is 4.79 Å². The van der Waals surface area contributed by atoms with Gasteiger partial charge in [0.2, 0.25) is 5.91 Å². The van der Waals surface area contributed by atoms with Crippen molar-refractivity contribution in [1.82, 2.24) is 10.6 Å². The third-order valence-corrected chi connectivity index (χ3v) is 7.07. The Bertz CT molecular complexity index is 384. The van der Waals surface area contributed by atoms with Gasteiger partial charge in [-0.1, -0.05) is 0 Å². The lowest BCUT2D eigenvalue weighted by Gasteiger charge is -2.59. The molecule has 126 valence electrons. The first-order valence-corrected chi connectivity index (χ1v) is 9.16. The fraction of sp³-hybridized carbons (Fsp3) is 0.944. The highest BCUT2D eigenvalue weighted by Crippen LogP contribution is 2.61. The van der Waals surface area contributed by atoms with Gasteiger partial charge in [-0.15, -0.1) is 12.4 Å². The van der Waals surface area contributed by atoms with Crippen molar-refractivity contribution < 1.29 is 4.79 Å². The normalized spacial score (nSPS) is 41.8. The molecular weight excluding hydrogens is 296 g/mol. The second-order valence-corrected chi connectivity index (χ2v) is 8.53. The molecule has 1 atom stereocenters. The van der Waals surface area contributed by atoms with Gasteiger partial charge in [-0.3, -0.25) is 4.79 Å². The van der Waals surface area contributed by atoms with Crippen LogP contribution in [0.4, 0.5) is 0 Å². The maximum atomic E-state index is 12.6. The predicted octanol–water partition coefficient (Wildman–Crippen LogP) is 3.13. The van der Waals surface area contributed by atoms with Crippen LogP contribution in [-0.4, -0.2) is 25.0 Å². The Morgan fingerprint density at radius 2 is 1.55 bits per heavy atom. The van der Waals surface area contributed by atoms with E-state index in [4.69, 9.17) is 0 Å². The molecule has 4 saturated carbocycles. The number of amides is 1. The zero-order valence-corrected chi connectivity index (χ0v) is 14.6. The first-order valence-electron chi connectivity index (χ1n) is 9.16. The molecule has 1 amide bonds. The third-order valence-electron chi connectivity index (χ3n) is 7.07. The molecule has 2 N–H and O–H groups in total. The van der Waals surface area contributed by atoms with Crippen LogP contribution in [0.5, 0.6) is 0 Å². The van der Waals surface area contributed by atoms with Gasteiger partial charge in [-0.25, -0.2) is 0 Å². The lowest BCUT2D eigenvalue weighted by molar-refractivity contribution is -0.130. The first kappa shape index (κ1) is 16.6. The van der Waals surface area contributed by atoms with Crippen LogP contribution in [0, 0.1) is 29.1 Å². The van der Waals surface area contributed by atoms with E-state index in [1.54, 1.807) is 0 Å². The van der Waals surface area contributed by atoms with Crippen molar-refractivity contribution in [2.45, 2.75) is 64.3 Å². The molecule has 0 aromatic carbocycles. The van der Waals surface area contributed by atoms with E-state index < -0.39 is 0 Å². The summed E-state index contributed by atoms with van der Waals surface area (Å²) in [6.07, 6.45) is 10.6. The van der Waals surface area contributed by atoms with Crippen molar-refractivity contribution in [1.29, 1.82) is 0 Å². The lowest BCUT2D eigenvalue weighted by Crippen LogP contribution is -2.56. The van der Waals surface area contributed by atoms with Crippen molar-refractivity contribution >= 4 is 18.3 Å². The second kappa shape index (κ2) is 6.32. The number of piperidine rings is 1. The number of rotatable bonds is 3. The molecule has 1 aliphatic heterocycles. The molecule has 4 aliphatic carbocycles. The van der Waals surface area contributed by atoms with E-state index in [1.807, 2.05) is 0 Å². The molecule has 5 aliphatic rings. The predicted molar refractivity (Wildman–Crippen MR) is 91.1 cm³/mol. The number of nitrogens with one attached hydrogen (secondary N) is 2. The van der Waals surface area contributed by atoms with Gasteiger partial charge in [-0.05, 0) is 94.5 Å². The van der Waals surface area contributed by atoms with E-state index in [0.717, 1.165) is 43.7 Å². The Hall–Kier alpha value is -0.280. The second-order valence-electron chi connectivity index (χ2n) is 8.53. The van der Waals surface area contributed by atoms with E-state index in [9.17, 15) is 4.79 Å². The molecule has 22 heavy (non-hydrogen) atoms. The van der Waals surface area contributed by atoms with Gasteiger partial charge in [-0.2, -0.15) is 0 Å². The Labute approximate surface area is 140 Å². The highest BCUT2D eigenvalue weighted by molar-refractivity contribution is 5.85. The number of hydrogen-bond donors (Lipinski definition) is 2. The third kappa shape index (κ3) is 2.91. The van der Waals surface area contributed by atoms with Gasteiger partial charge in [0, 0.05) is 12.0 Å². The molecule has 4 heteroatoms. The molecule has 0 aromatic heterocycles. The molecule has 5 fully saturated rings. The van der Waals surface area contributed by atoms with Crippen molar-refractivity contribution in [3.8, 4) is 0 Å². The number of halogens is 1. The fourth-order valence-corrected chi connectivity index (χ4v) is 6.28. The summed E-state index contributed by atoms with van der Waals surface area (Å²) in [6, 6.07) is 0.383. The van der Waals surface area contributed by atoms with Crippen LogP contribution in [0.2, 0.25) is 0 Å². The van der Waals surface area contributed by atoms with Crippen LogP contribution < -0.4 is 10.6 Å². The Kier molecular flexibility index (Phi) is 4.76. The summed E-state index contributed by atoms with van der Waals surface area (Å²) >= 11 is 0. The van der Waals surface area contributed by atoms with Crippen molar-refractivity contribution in [2.75, 3.05) is 13.1 Å². The Morgan fingerprint density at radius 1 is 1.05 bits per heavy atom. The smallest absolute Gasteiger partial charge is 0.223 e. The maximum absolute atomic E-state index is 12.6. The number of hydrogen-bond acceptors (Lipinski definition) is 2. The van der Waals surface area contributed by atoms with Crippen LogP contribution in [0.1, 0.15) is 58.3 Å². The first-order chi connectivity index (χ1) is 10.1. The maximum Gasteiger partial charge on any atom is 0.223 e. The summed E-state index contributed by atoms with van der Waals surface area (Å²) in [5.41, 5.74) is 0.442. The molecular formula is C18H31ClN2O. The van der Waals surface area contributed by atoms with E-state index in [1.165, 1.54) is 38.5 Å². The summed E-state index contributed by atoms with van der Waals surface area (Å²) < 4.78 is 0. The van der Waals surface area contributed by atoms with E-state index >= 15 is 0 Å². The molecule has 1 unspecified atom stereocenters. The molecule has 4 bridgehead atoms. The monoisotopic (exact) mass is 326 g/mol. The topological polar surface area (TPSA) is 41.1 Å². The average molecular weight is 327 g/mol. The van der Waals surface area contributed by atoms with E-state index in [0.29, 0.717) is 17.4 Å². The minimum absolute atomic E-state index is 0. The van der Waals surface area contributed by atoms with Crippen LogP contribution in [0.25, 0.3) is 0 Å². The fourth-order valence-electron chi connectivity index (χ4n) is 6.28. The summed E-state index contributed by atoms with van der Waals surface area (Å²) in [6.45, 7) is 4.31. The average Bonchev–Trinajstić information content (AvgIpc) is 2.46. The SMILES string of the molecule is CC(NC(=O)C1CCNCC1)C12CC3CC(CC(C3)C1)C2.Cl. The van der Waals surface area contributed by atoms with Crippen LogP contribution in [0.3, 0.4) is 0 Å². The lowest BCUT2D eigenvalue weighted by atomic mass is 9.48.